The van der Waals surface area contributed by atoms with Crippen LogP contribution in [0.25, 0.3) is 0 Å². The zero-order chi connectivity index (χ0) is 12.1. The summed E-state index contributed by atoms with van der Waals surface area (Å²) in [6.07, 6.45) is 0.648. The Balaban J connectivity index is 2.55. The van der Waals surface area contributed by atoms with Gasteiger partial charge in [0.2, 0.25) is 0 Å². The quantitative estimate of drug-likeness (QED) is 0.808. The molecule has 2 rings (SSSR count). The molecule has 1 aliphatic rings. The van der Waals surface area contributed by atoms with Crippen molar-refractivity contribution in [2.75, 3.05) is 0 Å². The summed E-state index contributed by atoms with van der Waals surface area (Å²) in [5.41, 5.74) is 0.522. The van der Waals surface area contributed by atoms with Gasteiger partial charge in [-0.15, -0.1) is 0 Å². The molecule has 0 bridgehead atoms. The number of pyridine rings is 1. The number of aliphatic carboxylic acids is 1. The van der Waals surface area contributed by atoms with E-state index in [9.17, 15) is 9.90 Å². The second-order valence-corrected chi connectivity index (χ2v) is 5.48. The van der Waals surface area contributed by atoms with Gasteiger partial charge in [-0.3, -0.25) is 4.79 Å². The van der Waals surface area contributed by atoms with Gasteiger partial charge in [-0.1, -0.05) is 25.4 Å². The third kappa shape index (κ3) is 1.42. The van der Waals surface area contributed by atoms with Crippen molar-refractivity contribution in [3.8, 4) is 0 Å². The number of hydrogen-bond acceptors (Lipinski definition) is 2. The molecule has 4 heteroatoms. The van der Waals surface area contributed by atoms with E-state index in [1.807, 2.05) is 26.8 Å². The number of halogens is 1. The first-order valence-electron chi connectivity index (χ1n) is 5.18. The van der Waals surface area contributed by atoms with Crippen LogP contribution in [0.4, 0.5) is 0 Å². The van der Waals surface area contributed by atoms with Crippen molar-refractivity contribution >= 4 is 17.6 Å². The highest BCUT2D eigenvalue weighted by Crippen LogP contribution is 2.64. The average molecular weight is 240 g/mol. The van der Waals surface area contributed by atoms with Crippen LogP contribution in [0, 0.1) is 12.3 Å². The molecule has 1 N–H and O–H groups in total. The SMILES string of the molecule is Cc1cc(C2(C(=O)O)CC2(C)C)cc(Cl)n1. The van der Waals surface area contributed by atoms with Crippen LogP contribution in [-0.2, 0) is 10.2 Å². The van der Waals surface area contributed by atoms with E-state index in [0.29, 0.717) is 11.6 Å². The lowest BCUT2D eigenvalue weighted by molar-refractivity contribution is -0.141. The van der Waals surface area contributed by atoms with E-state index >= 15 is 0 Å². The summed E-state index contributed by atoms with van der Waals surface area (Å²) in [5, 5.41) is 9.77. The number of rotatable bonds is 2. The zero-order valence-corrected chi connectivity index (χ0v) is 10.3. The summed E-state index contributed by atoms with van der Waals surface area (Å²) in [7, 11) is 0. The minimum Gasteiger partial charge on any atom is -0.481 e. The standard InChI is InChI=1S/C12H14ClNO2/c1-7-4-8(5-9(13)14-7)12(10(15)16)6-11(12,2)3/h4-5H,6H2,1-3H3,(H,15,16). The second kappa shape index (κ2) is 3.20. The minimum absolute atomic E-state index is 0.212. The van der Waals surface area contributed by atoms with Gasteiger partial charge in [0.15, 0.2) is 0 Å². The predicted molar refractivity (Wildman–Crippen MR) is 61.7 cm³/mol. The molecular weight excluding hydrogens is 226 g/mol. The van der Waals surface area contributed by atoms with E-state index in [1.165, 1.54) is 0 Å². The number of carbonyl (C=O) groups is 1. The van der Waals surface area contributed by atoms with Gasteiger partial charge < -0.3 is 5.11 Å². The fraction of sp³-hybridized carbons (Fsp3) is 0.500. The van der Waals surface area contributed by atoms with Crippen LogP contribution in [0.1, 0.15) is 31.5 Å². The first kappa shape index (κ1) is 11.4. The number of carboxylic acid groups (broad SMARTS) is 1. The van der Waals surface area contributed by atoms with Crippen molar-refractivity contribution in [2.45, 2.75) is 32.6 Å². The highest BCUT2D eigenvalue weighted by Gasteiger charge is 2.67. The molecule has 1 atom stereocenters. The molecule has 0 saturated heterocycles. The molecule has 0 aliphatic heterocycles. The smallest absolute Gasteiger partial charge is 0.314 e. The maximum absolute atomic E-state index is 11.5. The van der Waals surface area contributed by atoms with E-state index < -0.39 is 11.4 Å². The highest BCUT2D eigenvalue weighted by atomic mass is 35.5. The monoisotopic (exact) mass is 239 g/mol. The Hall–Kier alpha value is -1.09. The van der Waals surface area contributed by atoms with Crippen molar-refractivity contribution in [3.05, 3.63) is 28.5 Å². The molecule has 0 amide bonds. The number of nitrogens with zero attached hydrogens (tertiary/aromatic N) is 1. The van der Waals surface area contributed by atoms with Crippen LogP contribution >= 0.6 is 11.6 Å². The average Bonchev–Trinajstić information content (AvgIpc) is 2.69. The van der Waals surface area contributed by atoms with Gasteiger partial charge in [0, 0.05) is 5.69 Å². The van der Waals surface area contributed by atoms with Crippen molar-refractivity contribution < 1.29 is 9.90 Å². The van der Waals surface area contributed by atoms with E-state index in [-0.39, 0.29) is 5.41 Å². The molecule has 1 aliphatic carbocycles. The topological polar surface area (TPSA) is 50.2 Å². The van der Waals surface area contributed by atoms with E-state index in [4.69, 9.17) is 11.6 Å². The molecule has 1 aromatic rings. The van der Waals surface area contributed by atoms with Gasteiger partial charge in [-0.05, 0) is 36.5 Å². The lowest BCUT2D eigenvalue weighted by Gasteiger charge is -2.16. The molecule has 86 valence electrons. The Morgan fingerprint density at radius 2 is 2.06 bits per heavy atom. The van der Waals surface area contributed by atoms with Gasteiger partial charge in [-0.2, -0.15) is 0 Å². The predicted octanol–water partition coefficient (Wildman–Crippen LogP) is 2.80. The van der Waals surface area contributed by atoms with Gasteiger partial charge in [0.05, 0.1) is 5.41 Å². The van der Waals surface area contributed by atoms with Gasteiger partial charge >= 0.3 is 5.97 Å². The maximum atomic E-state index is 11.5. The van der Waals surface area contributed by atoms with Crippen LogP contribution in [-0.4, -0.2) is 16.1 Å². The normalized spacial score (nSPS) is 26.5. The number of hydrogen-bond donors (Lipinski definition) is 1. The molecular formula is C12H14ClNO2. The van der Waals surface area contributed by atoms with Gasteiger partial charge in [0.25, 0.3) is 0 Å². The fourth-order valence-electron chi connectivity index (χ4n) is 2.47. The molecule has 0 aromatic carbocycles. The van der Waals surface area contributed by atoms with E-state index in [0.717, 1.165) is 11.3 Å². The molecule has 0 spiro atoms. The summed E-state index contributed by atoms with van der Waals surface area (Å²) in [5.74, 6) is -0.779. The molecule has 1 fully saturated rings. The Kier molecular flexibility index (Phi) is 2.28. The van der Waals surface area contributed by atoms with E-state index in [1.54, 1.807) is 6.07 Å². The van der Waals surface area contributed by atoms with Crippen molar-refractivity contribution in [3.63, 3.8) is 0 Å². The molecule has 3 nitrogen and oxygen atoms in total. The molecule has 1 heterocycles. The largest absolute Gasteiger partial charge is 0.481 e. The van der Waals surface area contributed by atoms with Crippen LogP contribution in [0.2, 0.25) is 5.15 Å². The number of aromatic nitrogens is 1. The fourth-order valence-corrected chi connectivity index (χ4v) is 2.73. The Morgan fingerprint density at radius 3 is 2.44 bits per heavy atom. The van der Waals surface area contributed by atoms with Gasteiger partial charge in [-0.25, -0.2) is 4.98 Å². The third-order valence-electron chi connectivity index (χ3n) is 3.52. The van der Waals surface area contributed by atoms with Crippen LogP contribution in [0.5, 0.6) is 0 Å². The Labute approximate surface area is 99.5 Å². The van der Waals surface area contributed by atoms with Crippen LogP contribution in [0.3, 0.4) is 0 Å². The number of aryl methyl sites for hydroxylation is 1. The first-order valence-corrected chi connectivity index (χ1v) is 5.55. The summed E-state index contributed by atoms with van der Waals surface area (Å²) in [6.45, 7) is 5.75. The Morgan fingerprint density at radius 1 is 1.50 bits per heavy atom. The second-order valence-electron chi connectivity index (χ2n) is 5.09. The zero-order valence-electron chi connectivity index (χ0n) is 9.54. The summed E-state index contributed by atoms with van der Waals surface area (Å²) < 4.78 is 0. The first-order chi connectivity index (χ1) is 7.29. The van der Waals surface area contributed by atoms with E-state index in [2.05, 4.69) is 4.98 Å². The molecule has 1 aromatic heterocycles. The van der Waals surface area contributed by atoms with Crippen LogP contribution in [0.15, 0.2) is 12.1 Å². The lowest BCUT2D eigenvalue weighted by atomic mass is 9.88. The summed E-state index contributed by atoms with van der Waals surface area (Å²) in [4.78, 5) is 15.5. The molecule has 1 unspecified atom stereocenters. The molecule has 0 radical (unpaired) electrons. The summed E-state index contributed by atoms with van der Waals surface area (Å²) in [6, 6.07) is 3.48. The van der Waals surface area contributed by atoms with Gasteiger partial charge in [0.1, 0.15) is 5.15 Å². The Bertz CT molecular complexity index is 450. The number of carboxylic acids is 1. The third-order valence-corrected chi connectivity index (χ3v) is 3.71. The summed E-state index contributed by atoms with van der Waals surface area (Å²) >= 11 is 5.88. The molecule has 1 saturated carbocycles. The highest BCUT2D eigenvalue weighted by molar-refractivity contribution is 6.29. The lowest BCUT2D eigenvalue weighted by Crippen LogP contribution is -2.25. The minimum atomic E-state index is -0.787. The van der Waals surface area contributed by atoms with Crippen molar-refractivity contribution in [1.82, 2.24) is 4.98 Å². The van der Waals surface area contributed by atoms with Crippen LogP contribution < -0.4 is 0 Å². The van der Waals surface area contributed by atoms with Crippen molar-refractivity contribution in [2.24, 2.45) is 5.41 Å². The molecule has 16 heavy (non-hydrogen) atoms. The van der Waals surface area contributed by atoms with Crippen molar-refractivity contribution in [1.29, 1.82) is 0 Å². The maximum Gasteiger partial charge on any atom is 0.314 e.